The maximum absolute atomic E-state index is 6.29. The summed E-state index contributed by atoms with van der Waals surface area (Å²) in [5.74, 6) is 0. The van der Waals surface area contributed by atoms with Gasteiger partial charge in [0, 0.05) is 12.6 Å². The summed E-state index contributed by atoms with van der Waals surface area (Å²) in [6, 6.07) is 0.116. The van der Waals surface area contributed by atoms with Crippen molar-refractivity contribution in [2.45, 2.75) is 52.6 Å². The molecule has 0 fully saturated rings. The average Bonchev–Trinajstić information content (AvgIpc) is 2.57. The quantitative estimate of drug-likeness (QED) is 0.911. The topological polar surface area (TPSA) is 43.8 Å². The van der Waals surface area contributed by atoms with Crippen LogP contribution in [0.3, 0.4) is 0 Å². The molecule has 0 aromatic carbocycles. The number of rotatable bonds is 3. The van der Waals surface area contributed by atoms with E-state index in [0.717, 1.165) is 36.5 Å². The summed E-state index contributed by atoms with van der Waals surface area (Å²) in [6.07, 6.45) is 6.97. The number of aryl methyl sites for hydroxylation is 1. The fourth-order valence-electron chi connectivity index (χ4n) is 2.83. The molecule has 1 heterocycles. The van der Waals surface area contributed by atoms with E-state index in [2.05, 4.69) is 31.9 Å². The van der Waals surface area contributed by atoms with Gasteiger partial charge in [-0.05, 0) is 30.3 Å². The summed E-state index contributed by atoms with van der Waals surface area (Å²) in [7, 11) is 0. The number of allylic oxidation sites excluding steroid dienone is 1. The molecule has 4 heteroatoms. The minimum absolute atomic E-state index is 0.116. The zero-order chi connectivity index (χ0) is 13.3. The van der Waals surface area contributed by atoms with E-state index in [4.69, 9.17) is 17.3 Å². The maximum Gasteiger partial charge on any atom is 0.0862 e. The maximum atomic E-state index is 6.29. The van der Waals surface area contributed by atoms with Gasteiger partial charge in [-0.25, -0.2) is 0 Å². The Morgan fingerprint density at radius 3 is 2.89 bits per heavy atom. The summed E-state index contributed by atoms with van der Waals surface area (Å²) in [5.41, 5.74) is 8.66. The number of nitrogens with zero attached hydrogens (tertiary/aromatic N) is 2. The summed E-state index contributed by atoms with van der Waals surface area (Å²) in [6.45, 7) is 7.56. The molecule has 0 amide bonds. The Balaban J connectivity index is 2.39. The van der Waals surface area contributed by atoms with Crippen LogP contribution in [-0.4, -0.2) is 15.8 Å². The zero-order valence-corrected chi connectivity index (χ0v) is 12.2. The van der Waals surface area contributed by atoms with Crippen LogP contribution in [-0.2, 0) is 6.54 Å². The summed E-state index contributed by atoms with van der Waals surface area (Å²) < 4.78 is 2.00. The van der Waals surface area contributed by atoms with E-state index in [1.165, 1.54) is 5.57 Å². The number of aromatic nitrogens is 2. The number of nitrogens with two attached hydrogens (primary N) is 1. The van der Waals surface area contributed by atoms with Crippen LogP contribution in [0.15, 0.2) is 12.3 Å². The second-order valence-corrected chi connectivity index (χ2v) is 6.37. The molecule has 0 aliphatic heterocycles. The molecule has 1 aromatic heterocycles. The molecule has 1 unspecified atom stereocenters. The molecule has 1 aliphatic carbocycles. The molecule has 0 bridgehead atoms. The first kappa shape index (κ1) is 13.6. The molecule has 1 aliphatic rings. The van der Waals surface area contributed by atoms with Crippen LogP contribution in [0.25, 0.3) is 5.57 Å². The molecule has 2 rings (SSSR count). The summed E-state index contributed by atoms with van der Waals surface area (Å²) >= 11 is 6.29. The summed E-state index contributed by atoms with van der Waals surface area (Å²) in [5, 5.41) is 5.09. The van der Waals surface area contributed by atoms with Gasteiger partial charge in [-0.1, -0.05) is 38.4 Å². The third kappa shape index (κ3) is 2.78. The molecule has 0 saturated heterocycles. The van der Waals surface area contributed by atoms with E-state index in [1.54, 1.807) is 6.20 Å². The minimum Gasteiger partial charge on any atom is -0.324 e. The minimum atomic E-state index is 0.116. The van der Waals surface area contributed by atoms with Crippen LogP contribution < -0.4 is 5.73 Å². The molecule has 100 valence electrons. The van der Waals surface area contributed by atoms with Gasteiger partial charge in [0.1, 0.15) is 0 Å². The third-order valence-corrected chi connectivity index (χ3v) is 3.68. The van der Waals surface area contributed by atoms with E-state index in [-0.39, 0.29) is 11.5 Å². The van der Waals surface area contributed by atoms with Crippen molar-refractivity contribution in [2.75, 3.05) is 0 Å². The van der Waals surface area contributed by atoms with E-state index < -0.39 is 0 Å². The Kier molecular flexibility index (Phi) is 3.83. The van der Waals surface area contributed by atoms with Gasteiger partial charge >= 0.3 is 0 Å². The molecule has 1 aromatic rings. The van der Waals surface area contributed by atoms with Crippen LogP contribution >= 0.6 is 11.6 Å². The van der Waals surface area contributed by atoms with Gasteiger partial charge in [-0.2, -0.15) is 5.10 Å². The molecular weight excluding hydrogens is 246 g/mol. The Morgan fingerprint density at radius 2 is 2.28 bits per heavy atom. The first-order valence-corrected chi connectivity index (χ1v) is 6.99. The van der Waals surface area contributed by atoms with Gasteiger partial charge in [-0.15, -0.1) is 0 Å². The smallest absolute Gasteiger partial charge is 0.0862 e. The first-order valence-electron chi connectivity index (χ1n) is 6.61. The molecule has 3 nitrogen and oxygen atoms in total. The second kappa shape index (κ2) is 5.06. The molecule has 2 N–H and O–H groups in total. The molecule has 18 heavy (non-hydrogen) atoms. The molecule has 1 atom stereocenters. The largest absolute Gasteiger partial charge is 0.324 e. The summed E-state index contributed by atoms with van der Waals surface area (Å²) in [4.78, 5) is 0. The Hall–Kier alpha value is -0.800. The van der Waals surface area contributed by atoms with Crippen molar-refractivity contribution < 1.29 is 0 Å². The highest BCUT2D eigenvalue weighted by Crippen LogP contribution is 2.40. The van der Waals surface area contributed by atoms with Gasteiger partial charge in [0.15, 0.2) is 0 Å². The monoisotopic (exact) mass is 267 g/mol. The van der Waals surface area contributed by atoms with Crippen molar-refractivity contribution in [3.05, 3.63) is 23.0 Å². The molecule has 0 saturated carbocycles. The van der Waals surface area contributed by atoms with Crippen molar-refractivity contribution in [3.8, 4) is 0 Å². The van der Waals surface area contributed by atoms with Crippen molar-refractivity contribution in [2.24, 2.45) is 11.1 Å². The van der Waals surface area contributed by atoms with Crippen LogP contribution in [0.1, 0.15) is 45.7 Å². The van der Waals surface area contributed by atoms with Crippen LogP contribution in [0, 0.1) is 5.41 Å². The highest BCUT2D eigenvalue weighted by Gasteiger charge is 2.29. The standard InChI is InChI=1S/C14H22ClN3/c1-4-5-18-13(12(15)9-17-18)10-6-11(16)8-14(2,3)7-10/h6,9,11H,4-5,7-8,16H2,1-3H3. The van der Waals surface area contributed by atoms with Crippen LogP contribution in [0.5, 0.6) is 0 Å². The van der Waals surface area contributed by atoms with Crippen molar-refractivity contribution in [3.63, 3.8) is 0 Å². The van der Waals surface area contributed by atoms with Crippen molar-refractivity contribution in [1.82, 2.24) is 9.78 Å². The van der Waals surface area contributed by atoms with Crippen molar-refractivity contribution in [1.29, 1.82) is 0 Å². The predicted octanol–water partition coefficient (Wildman–Crippen LogP) is 3.48. The second-order valence-electron chi connectivity index (χ2n) is 5.97. The first-order chi connectivity index (χ1) is 8.43. The Morgan fingerprint density at radius 1 is 1.56 bits per heavy atom. The van der Waals surface area contributed by atoms with Gasteiger partial charge < -0.3 is 5.73 Å². The lowest BCUT2D eigenvalue weighted by atomic mass is 9.75. The van der Waals surface area contributed by atoms with E-state index in [9.17, 15) is 0 Å². The number of hydrogen-bond donors (Lipinski definition) is 1. The van der Waals surface area contributed by atoms with Crippen LogP contribution in [0.4, 0.5) is 0 Å². The van der Waals surface area contributed by atoms with E-state index in [1.807, 2.05) is 4.68 Å². The van der Waals surface area contributed by atoms with Gasteiger partial charge in [0.05, 0.1) is 16.9 Å². The highest BCUT2D eigenvalue weighted by atomic mass is 35.5. The van der Waals surface area contributed by atoms with Gasteiger partial charge in [0.25, 0.3) is 0 Å². The fourth-order valence-corrected chi connectivity index (χ4v) is 3.09. The lowest BCUT2D eigenvalue weighted by Gasteiger charge is -2.33. The zero-order valence-electron chi connectivity index (χ0n) is 11.4. The molecular formula is C14H22ClN3. The lowest BCUT2D eigenvalue weighted by molar-refractivity contribution is 0.317. The van der Waals surface area contributed by atoms with Gasteiger partial charge in [-0.3, -0.25) is 4.68 Å². The number of hydrogen-bond acceptors (Lipinski definition) is 2. The average molecular weight is 268 g/mol. The van der Waals surface area contributed by atoms with Gasteiger partial charge in [0.2, 0.25) is 0 Å². The van der Waals surface area contributed by atoms with E-state index >= 15 is 0 Å². The SMILES string of the molecule is CCCn1ncc(Cl)c1C1=CC(N)CC(C)(C)C1. The Bertz CT molecular complexity index is 460. The van der Waals surface area contributed by atoms with Crippen LogP contribution in [0.2, 0.25) is 5.02 Å². The predicted molar refractivity (Wildman–Crippen MR) is 76.5 cm³/mol. The van der Waals surface area contributed by atoms with E-state index in [0.29, 0.717) is 0 Å². The molecule has 0 radical (unpaired) electrons. The number of halogens is 1. The third-order valence-electron chi connectivity index (χ3n) is 3.41. The fraction of sp³-hybridized carbons (Fsp3) is 0.643. The normalized spacial score (nSPS) is 22.9. The lowest BCUT2D eigenvalue weighted by Crippen LogP contribution is -2.31. The Labute approximate surface area is 114 Å². The highest BCUT2D eigenvalue weighted by molar-refractivity contribution is 6.32. The van der Waals surface area contributed by atoms with Crippen molar-refractivity contribution >= 4 is 17.2 Å². The molecule has 0 spiro atoms.